The zero-order valence-electron chi connectivity index (χ0n) is 10.9. The normalized spacial score (nSPS) is 20.0. The largest absolute Gasteiger partial charge is 0.476 e. The number of amides is 2. The second-order valence-corrected chi connectivity index (χ2v) is 5.53. The summed E-state index contributed by atoms with van der Waals surface area (Å²) < 4.78 is 5.62. The molecule has 0 bridgehead atoms. The van der Waals surface area contributed by atoms with Crippen molar-refractivity contribution in [1.82, 2.24) is 5.32 Å². The van der Waals surface area contributed by atoms with Crippen molar-refractivity contribution in [3.8, 4) is 5.75 Å². The van der Waals surface area contributed by atoms with Crippen LogP contribution in [0.3, 0.4) is 0 Å². The molecule has 2 N–H and O–H groups in total. The highest BCUT2D eigenvalue weighted by molar-refractivity contribution is 6.02. The first-order valence-corrected chi connectivity index (χ1v) is 6.41. The molecule has 2 aliphatic rings. The predicted octanol–water partition coefficient (Wildman–Crippen LogP) is 1.69. The lowest BCUT2D eigenvalue weighted by Crippen LogP contribution is -2.45. The molecule has 3 rings (SSSR count). The second-order valence-electron chi connectivity index (χ2n) is 5.53. The highest BCUT2D eigenvalue weighted by Gasteiger charge is 2.35. The van der Waals surface area contributed by atoms with E-state index in [0.29, 0.717) is 23.0 Å². The van der Waals surface area contributed by atoms with Gasteiger partial charge in [-0.15, -0.1) is 0 Å². The van der Waals surface area contributed by atoms with E-state index in [2.05, 4.69) is 10.6 Å². The summed E-state index contributed by atoms with van der Waals surface area (Å²) in [5.41, 5.74) is 0.201. The summed E-state index contributed by atoms with van der Waals surface area (Å²) in [6, 6.07) is 5.40. The van der Waals surface area contributed by atoms with Crippen molar-refractivity contribution in [2.75, 3.05) is 5.32 Å². The van der Waals surface area contributed by atoms with Gasteiger partial charge in [0.15, 0.2) is 5.60 Å². The monoisotopic (exact) mass is 260 g/mol. The minimum atomic E-state index is -0.884. The van der Waals surface area contributed by atoms with Crippen LogP contribution in [0.25, 0.3) is 0 Å². The lowest BCUT2D eigenvalue weighted by atomic mass is 10.0. The molecule has 0 unspecified atom stereocenters. The number of fused-ring (bicyclic) bond motifs is 1. The van der Waals surface area contributed by atoms with E-state index in [4.69, 9.17) is 4.74 Å². The highest BCUT2D eigenvalue weighted by Crippen LogP contribution is 2.34. The Balaban J connectivity index is 1.85. The van der Waals surface area contributed by atoms with E-state index < -0.39 is 5.60 Å². The van der Waals surface area contributed by atoms with E-state index in [1.165, 1.54) is 0 Å². The van der Waals surface area contributed by atoms with Crippen molar-refractivity contribution >= 4 is 17.5 Å². The van der Waals surface area contributed by atoms with Gasteiger partial charge in [-0.2, -0.15) is 0 Å². The molecule has 0 aromatic heterocycles. The molecular weight excluding hydrogens is 244 g/mol. The summed E-state index contributed by atoms with van der Waals surface area (Å²) in [7, 11) is 0. The van der Waals surface area contributed by atoms with Gasteiger partial charge in [0.1, 0.15) is 5.75 Å². The zero-order chi connectivity index (χ0) is 13.6. The van der Waals surface area contributed by atoms with Crippen LogP contribution >= 0.6 is 0 Å². The van der Waals surface area contributed by atoms with Crippen LogP contribution in [-0.2, 0) is 4.79 Å². The van der Waals surface area contributed by atoms with E-state index in [9.17, 15) is 9.59 Å². The van der Waals surface area contributed by atoms with Crippen LogP contribution in [0.15, 0.2) is 18.2 Å². The highest BCUT2D eigenvalue weighted by atomic mass is 16.5. The average Bonchev–Trinajstić information content (AvgIpc) is 3.13. The SMILES string of the molecule is CC1(C)Oc2ccc(C(=O)NC3CC3)cc2NC1=O. The molecule has 1 aromatic rings. The molecule has 5 nitrogen and oxygen atoms in total. The number of anilines is 1. The topological polar surface area (TPSA) is 67.4 Å². The summed E-state index contributed by atoms with van der Waals surface area (Å²) in [5.74, 6) is 0.275. The Morgan fingerprint density at radius 1 is 1.42 bits per heavy atom. The van der Waals surface area contributed by atoms with Gasteiger partial charge in [0.2, 0.25) is 0 Å². The molecule has 100 valence electrons. The third-order valence-corrected chi connectivity index (χ3v) is 3.31. The molecular formula is C14H16N2O3. The standard InChI is InChI=1S/C14H16N2O3/c1-14(2)13(18)16-10-7-8(3-6-11(10)19-14)12(17)15-9-4-5-9/h3,6-7,9H,4-5H2,1-2H3,(H,15,17)(H,16,18). The van der Waals surface area contributed by atoms with Crippen LogP contribution in [0, 0.1) is 0 Å². The quantitative estimate of drug-likeness (QED) is 0.850. The number of benzene rings is 1. The van der Waals surface area contributed by atoms with Crippen LogP contribution in [-0.4, -0.2) is 23.5 Å². The fourth-order valence-electron chi connectivity index (χ4n) is 1.95. The molecule has 1 aliphatic heterocycles. The predicted molar refractivity (Wildman–Crippen MR) is 70.3 cm³/mol. The molecule has 19 heavy (non-hydrogen) atoms. The Morgan fingerprint density at radius 3 is 2.84 bits per heavy atom. The van der Waals surface area contributed by atoms with Crippen LogP contribution in [0.5, 0.6) is 5.75 Å². The molecule has 1 aromatic carbocycles. The zero-order valence-corrected chi connectivity index (χ0v) is 10.9. The van der Waals surface area contributed by atoms with Crippen molar-refractivity contribution in [3.63, 3.8) is 0 Å². The Hall–Kier alpha value is -2.04. The van der Waals surface area contributed by atoms with Crippen molar-refractivity contribution in [2.24, 2.45) is 0 Å². The fraction of sp³-hybridized carbons (Fsp3) is 0.429. The first-order valence-electron chi connectivity index (χ1n) is 6.41. The Morgan fingerprint density at radius 2 is 2.16 bits per heavy atom. The summed E-state index contributed by atoms with van der Waals surface area (Å²) in [6.07, 6.45) is 2.09. The number of nitrogens with one attached hydrogen (secondary N) is 2. The Kier molecular flexibility index (Phi) is 2.52. The molecule has 0 spiro atoms. The van der Waals surface area contributed by atoms with Gasteiger partial charge in [-0.05, 0) is 44.9 Å². The van der Waals surface area contributed by atoms with Crippen molar-refractivity contribution < 1.29 is 14.3 Å². The maximum atomic E-state index is 11.9. The molecule has 0 radical (unpaired) electrons. The van der Waals surface area contributed by atoms with Gasteiger partial charge < -0.3 is 15.4 Å². The number of carbonyl (C=O) groups is 2. The van der Waals surface area contributed by atoms with Gasteiger partial charge in [0.25, 0.3) is 11.8 Å². The summed E-state index contributed by atoms with van der Waals surface area (Å²) in [6.45, 7) is 3.41. The van der Waals surface area contributed by atoms with E-state index in [-0.39, 0.29) is 11.8 Å². The van der Waals surface area contributed by atoms with Crippen LogP contribution in [0.1, 0.15) is 37.0 Å². The smallest absolute Gasteiger partial charge is 0.268 e. The molecule has 5 heteroatoms. The maximum absolute atomic E-state index is 11.9. The summed E-state index contributed by atoms with van der Waals surface area (Å²) in [4.78, 5) is 23.7. The van der Waals surface area contributed by atoms with Gasteiger partial charge >= 0.3 is 0 Å². The van der Waals surface area contributed by atoms with E-state index >= 15 is 0 Å². The molecule has 2 amide bonds. The van der Waals surface area contributed by atoms with Gasteiger partial charge in [-0.3, -0.25) is 9.59 Å². The molecule has 1 heterocycles. The summed E-state index contributed by atoms with van der Waals surface area (Å²) in [5, 5.41) is 5.68. The van der Waals surface area contributed by atoms with Gasteiger partial charge in [-0.25, -0.2) is 0 Å². The van der Waals surface area contributed by atoms with E-state index in [1.807, 2.05) is 0 Å². The van der Waals surface area contributed by atoms with Crippen LogP contribution in [0.2, 0.25) is 0 Å². The lowest BCUT2D eigenvalue weighted by molar-refractivity contribution is -0.129. The number of hydrogen-bond acceptors (Lipinski definition) is 3. The molecule has 1 saturated carbocycles. The molecule has 0 atom stereocenters. The molecule has 0 saturated heterocycles. The van der Waals surface area contributed by atoms with Crippen molar-refractivity contribution in [1.29, 1.82) is 0 Å². The fourth-order valence-corrected chi connectivity index (χ4v) is 1.95. The third-order valence-electron chi connectivity index (χ3n) is 3.31. The van der Waals surface area contributed by atoms with Crippen LogP contribution in [0.4, 0.5) is 5.69 Å². The maximum Gasteiger partial charge on any atom is 0.268 e. The van der Waals surface area contributed by atoms with Gasteiger partial charge in [-0.1, -0.05) is 0 Å². The minimum Gasteiger partial charge on any atom is -0.476 e. The second kappa shape index (κ2) is 3.98. The lowest BCUT2D eigenvalue weighted by Gasteiger charge is -2.31. The average molecular weight is 260 g/mol. The van der Waals surface area contributed by atoms with Gasteiger partial charge in [0, 0.05) is 11.6 Å². The van der Waals surface area contributed by atoms with E-state index in [1.54, 1.807) is 32.0 Å². The van der Waals surface area contributed by atoms with E-state index in [0.717, 1.165) is 12.8 Å². The van der Waals surface area contributed by atoms with Crippen molar-refractivity contribution in [3.05, 3.63) is 23.8 Å². The van der Waals surface area contributed by atoms with Gasteiger partial charge in [0.05, 0.1) is 5.69 Å². The third kappa shape index (κ3) is 2.28. The molecule has 1 fully saturated rings. The molecule has 1 aliphatic carbocycles. The Labute approximate surface area is 111 Å². The van der Waals surface area contributed by atoms with Crippen LogP contribution < -0.4 is 15.4 Å². The minimum absolute atomic E-state index is 0.107. The number of carbonyl (C=O) groups excluding carboxylic acids is 2. The number of rotatable bonds is 2. The van der Waals surface area contributed by atoms with Crippen molar-refractivity contribution in [2.45, 2.75) is 38.3 Å². The summed E-state index contributed by atoms with van der Waals surface area (Å²) >= 11 is 0. The first kappa shape index (κ1) is 12.0. The Bertz CT molecular complexity index is 562. The first-order chi connectivity index (χ1) is 8.95. The number of hydrogen-bond donors (Lipinski definition) is 2. The number of ether oxygens (including phenoxy) is 1.